The molecule has 26 heavy (non-hydrogen) atoms. The second-order valence-electron chi connectivity index (χ2n) is 6.39. The number of nitrogens with zero attached hydrogens (tertiary/aromatic N) is 1. The number of hydrogen-bond acceptors (Lipinski definition) is 5. The number of likely N-dealkylation sites (tertiary alicyclic amines) is 1. The molecule has 1 aliphatic heterocycles. The summed E-state index contributed by atoms with van der Waals surface area (Å²) in [6.07, 6.45) is 2.08. The molecule has 1 atom stereocenters. The van der Waals surface area contributed by atoms with Gasteiger partial charge < -0.3 is 19.7 Å². The van der Waals surface area contributed by atoms with Gasteiger partial charge in [-0.25, -0.2) is 0 Å². The number of ether oxygens (including phenoxy) is 2. The first kappa shape index (κ1) is 19.8. The molecule has 1 aromatic carbocycles. The highest BCUT2D eigenvalue weighted by atomic mass is 16.5. The van der Waals surface area contributed by atoms with E-state index in [4.69, 9.17) is 9.47 Å². The van der Waals surface area contributed by atoms with Crippen LogP contribution in [-0.2, 0) is 14.3 Å². The van der Waals surface area contributed by atoms with Crippen LogP contribution in [0, 0.1) is 5.92 Å². The fraction of sp³-hybridized carbons (Fsp3) is 0.526. The molecule has 1 aliphatic rings. The predicted octanol–water partition coefficient (Wildman–Crippen LogP) is 1.62. The summed E-state index contributed by atoms with van der Waals surface area (Å²) in [7, 11) is 0. The van der Waals surface area contributed by atoms with Crippen LogP contribution in [0.25, 0.3) is 0 Å². The molecule has 1 aromatic rings. The summed E-state index contributed by atoms with van der Waals surface area (Å²) in [4.78, 5) is 37.5. The van der Waals surface area contributed by atoms with Gasteiger partial charge in [-0.05, 0) is 49.9 Å². The highest BCUT2D eigenvalue weighted by Crippen LogP contribution is 2.15. The normalized spacial score (nSPS) is 16.7. The van der Waals surface area contributed by atoms with Gasteiger partial charge in [0.2, 0.25) is 0 Å². The molecule has 2 amide bonds. The number of piperidine rings is 1. The number of esters is 1. The van der Waals surface area contributed by atoms with Crippen molar-refractivity contribution < 1.29 is 23.9 Å². The smallest absolute Gasteiger partial charge is 0.325 e. The third kappa shape index (κ3) is 6.06. The molecule has 2 rings (SSSR count). The highest BCUT2D eigenvalue weighted by Gasteiger charge is 2.21. The molecule has 0 unspecified atom stereocenters. The van der Waals surface area contributed by atoms with Crippen LogP contribution in [0.15, 0.2) is 24.3 Å². The molecule has 1 N–H and O–H groups in total. The van der Waals surface area contributed by atoms with Crippen LogP contribution in [-0.4, -0.2) is 55.5 Å². The van der Waals surface area contributed by atoms with Crippen LogP contribution < -0.4 is 10.1 Å². The Hall–Kier alpha value is -2.57. The van der Waals surface area contributed by atoms with Crippen molar-refractivity contribution in [2.24, 2.45) is 5.92 Å². The zero-order valence-electron chi connectivity index (χ0n) is 15.3. The Balaban J connectivity index is 1.70. The van der Waals surface area contributed by atoms with Gasteiger partial charge in [0.05, 0.1) is 6.61 Å². The maximum absolute atomic E-state index is 12.0. The maximum Gasteiger partial charge on any atom is 0.325 e. The van der Waals surface area contributed by atoms with Crippen molar-refractivity contribution in [3.05, 3.63) is 29.8 Å². The lowest BCUT2D eigenvalue weighted by atomic mass is 10.0. The second kappa shape index (κ2) is 9.79. The van der Waals surface area contributed by atoms with Crippen LogP contribution in [0.2, 0.25) is 0 Å². The SMILES string of the molecule is CCOc1ccc(C(=O)NCC(=O)OCC(=O)N2CCC[C@@H](C)C2)cc1. The van der Waals surface area contributed by atoms with E-state index < -0.39 is 5.97 Å². The van der Waals surface area contributed by atoms with Crippen molar-refractivity contribution in [2.75, 3.05) is 32.8 Å². The first-order valence-corrected chi connectivity index (χ1v) is 8.94. The lowest BCUT2D eigenvalue weighted by molar-refractivity contribution is -0.151. The average Bonchev–Trinajstić information content (AvgIpc) is 2.65. The minimum Gasteiger partial charge on any atom is -0.494 e. The fourth-order valence-corrected chi connectivity index (χ4v) is 2.82. The lowest BCUT2D eigenvalue weighted by Crippen LogP contribution is -2.42. The Labute approximate surface area is 153 Å². The number of amides is 2. The van der Waals surface area contributed by atoms with Gasteiger partial charge in [-0.2, -0.15) is 0 Å². The molecule has 1 saturated heterocycles. The summed E-state index contributed by atoms with van der Waals surface area (Å²) < 4.78 is 10.3. The first-order valence-electron chi connectivity index (χ1n) is 8.94. The first-order chi connectivity index (χ1) is 12.5. The summed E-state index contributed by atoms with van der Waals surface area (Å²) >= 11 is 0. The van der Waals surface area contributed by atoms with Crippen molar-refractivity contribution in [3.8, 4) is 5.75 Å². The van der Waals surface area contributed by atoms with Crippen LogP contribution in [0.3, 0.4) is 0 Å². The highest BCUT2D eigenvalue weighted by molar-refractivity contribution is 5.96. The maximum atomic E-state index is 12.0. The standard InChI is InChI=1S/C19H26N2O5/c1-3-25-16-8-6-15(7-9-16)19(24)20-11-18(23)26-13-17(22)21-10-4-5-14(2)12-21/h6-9,14H,3-5,10-13H2,1-2H3,(H,20,24)/t14-/m1/s1. The third-order valence-corrected chi connectivity index (χ3v) is 4.19. The predicted molar refractivity (Wildman–Crippen MR) is 95.9 cm³/mol. The number of benzene rings is 1. The zero-order chi connectivity index (χ0) is 18.9. The molecule has 0 bridgehead atoms. The van der Waals surface area contributed by atoms with E-state index in [1.807, 2.05) is 6.92 Å². The Morgan fingerprint density at radius 1 is 1.23 bits per heavy atom. The molecule has 0 aromatic heterocycles. The Morgan fingerprint density at radius 2 is 1.96 bits per heavy atom. The second-order valence-corrected chi connectivity index (χ2v) is 6.39. The minimum absolute atomic E-state index is 0.192. The Bertz CT molecular complexity index is 629. The number of carbonyl (C=O) groups excluding carboxylic acids is 3. The van der Waals surface area contributed by atoms with Crippen molar-refractivity contribution >= 4 is 17.8 Å². The number of nitrogens with one attached hydrogen (secondary N) is 1. The quantitative estimate of drug-likeness (QED) is 0.745. The molecule has 0 radical (unpaired) electrons. The van der Waals surface area contributed by atoms with Gasteiger partial charge in [0, 0.05) is 18.7 Å². The van der Waals surface area contributed by atoms with Crippen molar-refractivity contribution in [1.82, 2.24) is 10.2 Å². The van der Waals surface area contributed by atoms with Crippen molar-refractivity contribution in [2.45, 2.75) is 26.7 Å². The van der Waals surface area contributed by atoms with Crippen molar-refractivity contribution in [1.29, 1.82) is 0 Å². The van der Waals surface area contributed by atoms with E-state index in [9.17, 15) is 14.4 Å². The van der Waals surface area contributed by atoms with Gasteiger partial charge in [0.15, 0.2) is 6.61 Å². The van der Waals surface area contributed by atoms with E-state index in [1.54, 1.807) is 29.2 Å². The van der Waals surface area contributed by atoms with Gasteiger partial charge in [-0.15, -0.1) is 0 Å². The van der Waals surface area contributed by atoms with E-state index in [0.29, 0.717) is 36.9 Å². The van der Waals surface area contributed by atoms with E-state index in [-0.39, 0.29) is 25.0 Å². The van der Waals surface area contributed by atoms with Crippen LogP contribution >= 0.6 is 0 Å². The molecule has 142 valence electrons. The molecular weight excluding hydrogens is 336 g/mol. The van der Waals surface area contributed by atoms with Crippen LogP contribution in [0.5, 0.6) is 5.75 Å². The topological polar surface area (TPSA) is 84.9 Å². The summed E-state index contributed by atoms with van der Waals surface area (Å²) in [5, 5.41) is 2.48. The summed E-state index contributed by atoms with van der Waals surface area (Å²) in [5.74, 6) is -0.0718. The summed E-state index contributed by atoms with van der Waals surface area (Å²) in [6, 6.07) is 6.61. The molecule has 1 fully saturated rings. The van der Waals surface area contributed by atoms with Gasteiger partial charge in [0.25, 0.3) is 11.8 Å². The van der Waals surface area contributed by atoms with Gasteiger partial charge in [0.1, 0.15) is 12.3 Å². The molecule has 7 nitrogen and oxygen atoms in total. The van der Waals surface area contributed by atoms with Gasteiger partial charge in [-0.1, -0.05) is 6.92 Å². The largest absolute Gasteiger partial charge is 0.494 e. The van der Waals surface area contributed by atoms with E-state index in [1.165, 1.54) is 0 Å². The lowest BCUT2D eigenvalue weighted by Gasteiger charge is -2.30. The molecule has 0 spiro atoms. The van der Waals surface area contributed by atoms with Crippen molar-refractivity contribution in [3.63, 3.8) is 0 Å². The number of carbonyl (C=O) groups is 3. The summed E-state index contributed by atoms with van der Waals surface area (Å²) in [6.45, 7) is 5.36. The summed E-state index contributed by atoms with van der Waals surface area (Å²) in [5.41, 5.74) is 0.416. The fourth-order valence-electron chi connectivity index (χ4n) is 2.82. The van der Waals surface area contributed by atoms with E-state index in [0.717, 1.165) is 12.8 Å². The van der Waals surface area contributed by atoms with E-state index >= 15 is 0 Å². The molecule has 0 aliphatic carbocycles. The van der Waals surface area contributed by atoms with E-state index in [2.05, 4.69) is 12.2 Å². The molecule has 7 heteroatoms. The average molecular weight is 362 g/mol. The zero-order valence-corrected chi connectivity index (χ0v) is 15.3. The third-order valence-electron chi connectivity index (χ3n) is 4.19. The Morgan fingerprint density at radius 3 is 2.62 bits per heavy atom. The van der Waals surface area contributed by atoms with Gasteiger partial charge >= 0.3 is 5.97 Å². The van der Waals surface area contributed by atoms with Crippen LogP contribution in [0.4, 0.5) is 0 Å². The monoisotopic (exact) mass is 362 g/mol. The molecular formula is C19H26N2O5. The Kier molecular flexibility index (Phi) is 7.44. The minimum atomic E-state index is -0.636. The molecule has 1 heterocycles. The van der Waals surface area contributed by atoms with Crippen LogP contribution in [0.1, 0.15) is 37.0 Å². The number of rotatable bonds is 7. The number of hydrogen-bond donors (Lipinski definition) is 1. The van der Waals surface area contributed by atoms with Gasteiger partial charge in [-0.3, -0.25) is 14.4 Å². The molecule has 0 saturated carbocycles.